The van der Waals surface area contributed by atoms with Gasteiger partial charge in [0.2, 0.25) is 5.91 Å². The van der Waals surface area contributed by atoms with Crippen LogP contribution in [0.5, 0.6) is 0 Å². The molecule has 1 heterocycles. The van der Waals surface area contributed by atoms with Crippen molar-refractivity contribution in [2.75, 3.05) is 0 Å². The molecule has 4 nitrogen and oxygen atoms in total. The Morgan fingerprint density at radius 1 is 1.27 bits per heavy atom. The van der Waals surface area contributed by atoms with Crippen LogP contribution in [0.3, 0.4) is 0 Å². The van der Waals surface area contributed by atoms with E-state index in [9.17, 15) is 9.59 Å². The number of hydrogen-bond acceptors (Lipinski definition) is 2. The van der Waals surface area contributed by atoms with Crippen molar-refractivity contribution < 1.29 is 9.59 Å². The van der Waals surface area contributed by atoms with Crippen molar-refractivity contribution in [2.24, 2.45) is 5.92 Å². The third kappa shape index (κ3) is 3.21. The number of amides is 1. The molecule has 4 heteroatoms. The number of hydrogen-bond donors (Lipinski definition) is 2. The fourth-order valence-electron chi connectivity index (χ4n) is 3.34. The maximum atomic E-state index is 12.3. The minimum Gasteiger partial charge on any atom is -0.361 e. The number of benzene rings is 1. The van der Waals surface area contributed by atoms with Gasteiger partial charge in [0, 0.05) is 29.4 Å². The van der Waals surface area contributed by atoms with E-state index >= 15 is 0 Å². The van der Waals surface area contributed by atoms with Gasteiger partial charge in [0.05, 0.1) is 6.04 Å². The largest absolute Gasteiger partial charge is 0.361 e. The monoisotopic (exact) mass is 298 g/mol. The van der Waals surface area contributed by atoms with Crippen molar-refractivity contribution in [1.29, 1.82) is 0 Å². The Kier molecular flexibility index (Phi) is 4.56. The molecule has 116 valence electrons. The summed E-state index contributed by atoms with van der Waals surface area (Å²) in [7, 11) is 0. The summed E-state index contributed by atoms with van der Waals surface area (Å²) in [5, 5.41) is 4.03. The molecule has 0 aliphatic heterocycles. The first kappa shape index (κ1) is 14.8. The van der Waals surface area contributed by atoms with E-state index in [1.807, 2.05) is 30.5 Å². The lowest BCUT2D eigenvalue weighted by Crippen LogP contribution is -2.41. The fraction of sp³-hybridized carbons (Fsp3) is 0.444. The predicted molar refractivity (Wildman–Crippen MR) is 86.6 cm³/mol. The molecule has 22 heavy (non-hydrogen) atoms. The number of rotatable bonds is 5. The molecule has 1 aromatic heterocycles. The molecular weight excluding hydrogens is 276 g/mol. The lowest BCUT2D eigenvalue weighted by atomic mass is 9.88. The molecule has 1 aliphatic carbocycles. The molecule has 1 aromatic carbocycles. The summed E-state index contributed by atoms with van der Waals surface area (Å²) in [5.41, 5.74) is 2.12. The van der Waals surface area contributed by atoms with Gasteiger partial charge in [-0.05, 0) is 24.5 Å². The van der Waals surface area contributed by atoms with Gasteiger partial charge in [-0.1, -0.05) is 37.5 Å². The predicted octanol–water partition coefficient (Wildman–Crippen LogP) is 2.97. The molecule has 1 atom stereocenters. The summed E-state index contributed by atoms with van der Waals surface area (Å²) < 4.78 is 0. The Balaban J connectivity index is 1.66. The van der Waals surface area contributed by atoms with Crippen LogP contribution in [0.4, 0.5) is 0 Å². The van der Waals surface area contributed by atoms with Crippen LogP contribution < -0.4 is 5.32 Å². The summed E-state index contributed by atoms with van der Waals surface area (Å²) in [6, 6.07) is 7.55. The third-order valence-electron chi connectivity index (χ3n) is 4.58. The zero-order valence-corrected chi connectivity index (χ0v) is 12.7. The number of aldehydes is 1. The molecule has 2 N–H and O–H groups in total. The number of carbonyl (C=O) groups is 2. The molecule has 1 amide bonds. The zero-order valence-electron chi connectivity index (χ0n) is 12.7. The Morgan fingerprint density at radius 2 is 2.05 bits per heavy atom. The van der Waals surface area contributed by atoms with Crippen molar-refractivity contribution in [3.8, 4) is 0 Å². The van der Waals surface area contributed by atoms with E-state index in [0.29, 0.717) is 6.42 Å². The first-order chi connectivity index (χ1) is 10.8. The van der Waals surface area contributed by atoms with E-state index < -0.39 is 6.04 Å². The van der Waals surface area contributed by atoms with Crippen LogP contribution in [0.1, 0.15) is 37.7 Å². The van der Waals surface area contributed by atoms with Gasteiger partial charge >= 0.3 is 0 Å². The number of H-pyrrole nitrogens is 1. The highest BCUT2D eigenvalue weighted by Gasteiger charge is 2.23. The van der Waals surface area contributed by atoms with Crippen molar-refractivity contribution >= 4 is 23.1 Å². The van der Waals surface area contributed by atoms with E-state index in [1.165, 1.54) is 6.42 Å². The quantitative estimate of drug-likeness (QED) is 0.834. The number of fused-ring (bicyclic) bond motifs is 1. The van der Waals surface area contributed by atoms with Crippen LogP contribution in [0.2, 0.25) is 0 Å². The second kappa shape index (κ2) is 6.77. The summed E-state index contributed by atoms with van der Waals surface area (Å²) in [6.07, 6.45) is 8.66. The van der Waals surface area contributed by atoms with E-state index in [-0.39, 0.29) is 11.8 Å². The average Bonchev–Trinajstić information content (AvgIpc) is 2.98. The lowest BCUT2D eigenvalue weighted by Gasteiger charge is -2.22. The topological polar surface area (TPSA) is 62.0 Å². The highest BCUT2D eigenvalue weighted by molar-refractivity contribution is 5.85. The third-order valence-corrected chi connectivity index (χ3v) is 4.58. The van der Waals surface area contributed by atoms with Crippen LogP contribution in [-0.4, -0.2) is 23.2 Å². The molecule has 0 saturated heterocycles. The van der Waals surface area contributed by atoms with Gasteiger partial charge in [-0.3, -0.25) is 4.79 Å². The fourth-order valence-corrected chi connectivity index (χ4v) is 3.34. The van der Waals surface area contributed by atoms with Gasteiger partial charge in [0.1, 0.15) is 6.29 Å². The Labute approximate surface area is 130 Å². The standard InChI is InChI=1S/C18H22N2O2/c21-12-15(20-18(22)13-6-2-1-3-7-13)10-14-11-19-17-9-5-4-8-16(14)17/h4-5,8-9,11-13,15,19H,1-3,6-7,10H2,(H,20,22)/t15-/m0/s1. The normalized spacial score (nSPS) is 17.3. The molecule has 0 radical (unpaired) electrons. The van der Waals surface area contributed by atoms with Gasteiger partial charge in [0.15, 0.2) is 0 Å². The molecule has 3 rings (SSSR count). The van der Waals surface area contributed by atoms with Crippen molar-refractivity contribution in [1.82, 2.24) is 10.3 Å². The Bertz CT molecular complexity index is 656. The number of para-hydroxylation sites is 1. The summed E-state index contributed by atoms with van der Waals surface area (Å²) >= 11 is 0. The summed E-state index contributed by atoms with van der Waals surface area (Å²) in [5.74, 6) is 0.121. The number of aromatic nitrogens is 1. The minimum absolute atomic E-state index is 0.0386. The Morgan fingerprint density at radius 3 is 2.82 bits per heavy atom. The lowest BCUT2D eigenvalue weighted by molar-refractivity contribution is -0.128. The van der Waals surface area contributed by atoms with Crippen LogP contribution in [0, 0.1) is 5.92 Å². The molecular formula is C18H22N2O2. The smallest absolute Gasteiger partial charge is 0.223 e. The van der Waals surface area contributed by atoms with Crippen LogP contribution >= 0.6 is 0 Å². The molecule has 0 unspecified atom stereocenters. The van der Waals surface area contributed by atoms with Gasteiger partial charge in [-0.2, -0.15) is 0 Å². The van der Waals surface area contributed by atoms with Crippen LogP contribution in [-0.2, 0) is 16.0 Å². The molecule has 1 aliphatic rings. The molecule has 0 bridgehead atoms. The number of carbonyl (C=O) groups excluding carboxylic acids is 2. The van der Waals surface area contributed by atoms with Gasteiger partial charge in [-0.25, -0.2) is 0 Å². The van der Waals surface area contributed by atoms with Crippen molar-refractivity contribution in [3.05, 3.63) is 36.0 Å². The molecule has 2 aromatic rings. The van der Waals surface area contributed by atoms with Crippen molar-refractivity contribution in [3.63, 3.8) is 0 Å². The van der Waals surface area contributed by atoms with Gasteiger partial charge < -0.3 is 15.1 Å². The molecule has 1 fully saturated rings. The Hall–Kier alpha value is -2.10. The van der Waals surface area contributed by atoms with Gasteiger partial charge in [-0.15, -0.1) is 0 Å². The minimum atomic E-state index is -0.450. The summed E-state index contributed by atoms with van der Waals surface area (Å²) in [4.78, 5) is 26.8. The first-order valence-corrected chi connectivity index (χ1v) is 8.08. The number of aromatic amines is 1. The van der Waals surface area contributed by atoms with E-state index in [4.69, 9.17) is 0 Å². The maximum Gasteiger partial charge on any atom is 0.223 e. The second-order valence-electron chi connectivity index (χ2n) is 6.15. The number of nitrogens with one attached hydrogen (secondary N) is 2. The van der Waals surface area contributed by atoms with Crippen LogP contribution in [0.15, 0.2) is 30.5 Å². The molecule has 0 spiro atoms. The highest BCUT2D eigenvalue weighted by atomic mass is 16.2. The average molecular weight is 298 g/mol. The van der Waals surface area contributed by atoms with Crippen LogP contribution in [0.25, 0.3) is 10.9 Å². The SMILES string of the molecule is O=C[C@H](Cc1c[nH]c2ccccc12)NC(=O)C1CCCCC1. The van der Waals surface area contributed by atoms with Crippen molar-refractivity contribution in [2.45, 2.75) is 44.6 Å². The van der Waals surface area contributed by atoms with E-state index in [1.54, 1.807) is 0 Å². The summed E-state index contributed by atoms with van der Waals surface area (Å²) in [6.45, 7) is 0. The zero-order chi connectivity index (χ0) is 15.4. The first-order valence-electron chi connectivity index (χ1n) is 8.08. The van der Waals surface area contributed by atoms with E-state index in [2.05, 4.69) is 10.3 Å². The second-order valence-corrected chi connectivity index (χ2v) is 6.15. The molecule has 1 saturated carbocycles. The highest BCUT2D eigenvalue weighted by Crippen LogP contribution is 2.24. The van der Waals surface area contributed by atoms with Gasteiger partial charge in [0.25, 0.3) is 0 Å². The maximum absolute atomic E-state index is 12.3. The van der Waals surface area contributed by atoms with E-state index in [0.717, 1.165) is 48.4 Å².